The first-order chi connectivity index (χ1) is 12.4. The fraction of sp³-hybridized carbons (Fsp3) is 0.389. The minimum atomic E-state index is -1.08. The number of benzene rings is 1. The molecular formula is C18H22N4O4. The Balaban J connectivity index is 2.04. The maximum atomic E-state index is 12.1. The van der Waals surface area contributed by atoms with Crippen LogP contribution < -0.4 is 10.2 Å². The molecule has 1 aromatic carbocycles. The van der Waals surface area contributed by atoms with Crippen molar-refractivity contribution in [3.8, 4) is 11.1 Å². The maximum Gasteiger partial charge on any atom is 0.405 e. The average Bonchev–Trinajstić information content (AvgIpc) is 3.02. The van der Waals surface area contributed by atoms with E-state index in [1.165, 1.54) is 6.92 Å². The summed E-state index contributed by atoms with van der Waals surface area (Å²) in [4.78, 5) is 25.0. The van der Waals surface area contributed by atoms with E-state index < -0.39 is 6.09 Å². The van der Waals surface area contributed by atoms with Gasteiger partial charge in [-0.2, -0.15) is 5.10 Å². The van der Waals surface area contributed by atoms with Crippen LogP contribution in [0.5, 0.6) is 0 Å². The van der Waals surface area contributed by atoms with Crippen molar-refractivity contribution in [1.29, 1.82) is 0 Å². The van der Waals surface area contributed by atoms with Gasteiger partial charge in [-0.15, -0.1) is 0 Å². The molecule has 1 aliphatic rings. The van der Waals surface area contributed by atoms with Crippen molar-refractivity contribution < 1.29 is 19.4 Å². The first-order valence-corrected chi connectivity index (χ1v) is 8.35. The molecule has 0 radical (unpaired) electrons. The van der Waals surface area contributed by atoms with Crippen LogP contribution >= 0.6 is 0 Å². The number of anilines is 1. The summed E-state index contributed by atoms with van der Waals surface area (Å²) in [5, 5.41) is 16.0. The molecule has 138 valence electrons. The second-order valence-electron chi connectivity index (χ2n) is 6.44. The summed E-state index contributed by atoms with van der Waals surface area (Å²) < 4.78 is 6.73. The average molecular weight is 358 g/mol. The third kappa shape index (κ3) is 3.41. The van der Waals surface area contributed by atoms with Gasteiger partial charge in [-0.3, -0.25) is 4.79 Å². The Labute approximate surface area is 151 Å². The van der Waals surface area contributed by atoms with Gasteiger partial charge in [0.25, 0.3) is 0 Å². The van der Waals surface area contributed by atoms with Crippen LogP contribution in [0.1, 0.15) is 31.9 Å². The molecule has 2 heterocycles. The van der Waals surface area contributed by atoms with Crippen molar-refractivity contribution in [1.82, 2.24) is 15.1 Å². The number of aromatic nitrogens is 2. The molecule has 26 heavy (non-hydrogen) atoms. The molecule has 3 rings (SSSR count). The molecule has 1 aliphatic heterocycles. The van der Waals surface area contributed by atoms with Gasteiger partial charge >= 0.3 is 6.09 Å². The molecule has 0 saturated carbocycles. The summed E-state index contributed by atoms with van der Waals surface area (Å²) in [6, 6.07) is 5.24. The van der Waals surface area contributed by atoms with Crippen molar-refractivity contribution in [3.05, 3.63) is 36.2 Å². The van der Waals surface area contributed by atoms with Gasteiger partial charge in [0.2, 0.25) is 5.91 Å². The molecule has 0 aliphatic carbocycles. The number of methoxy groups -OCH3 is 1. The Hall–Kier alpha value is -2.87. The molecule has 8 nitrogen and oxygen atoms in total. The van der Waals surface area contributed by atoms with E-state index in [1.807, 2.05) is 31.3 Å². The molecule has 8 heteroatoms. The number of hydrogen-bond donors (Lipinski definition) is 2. The van der Waals surface area contributed by atoms with Gasteiger partial charge in [-0.25, -0.2) is 9.48 Å². The van der Waals surface area contributed by atoms with Crippen LogP contribution in [0.25, 0.3) is 11.1 Å². The van der Waals surface area contributed by atoms with Crippen LogP contribution in [0.4, 0.5) is 10.5 Å². The van der Waals surface area contributed by atoms with Gasteiger partial charge in [0.05, 0.1) is 12.2 Å². The number of nitrogens with one attached hydrogen (secondary N) is 1. The standard InChI is InChI=1S/C18H22N4O4/c1-11-6-16(20-18(24)25)15-7-13(4-5-17(15)22(11)12(2)23)14-8-19-21(9-14)10-26-3/h4-5,7-9,11,16,20H,6,10H2,1-3H3,(H,24,25)/t11-,16+/m0/s1. The van der Waals surface area contributed by atoms with Crippen molar-refractivity contribution in [2.45, 2.75) is 39.1 Å². The van der Waals surface area contributed by atoms with E-state index in [1.54, 1.807) is 22.9 Å². The van der Waals surface area contributed by atoms with Crippen LogP contribution in [0.15, 0.2) is 30.6 Å². The minimum absolute atomic E-state index is 0.0619. The lowest BCUT2D eigenvalue weighted by molar-refractivity contribution is -0.117. The summed E-state index contributed by atoms with van der Waals surface area (Å²) >= 11 is 0. The molecular weight excluding hydrogens is 336 g/mol. The van der Waals surface area contributed by atoms with Crippen molar-refractivity contribution in [2.75, 3.05) is 12.0 Å². The highest BCUT2D eigenvalue weighted by atomic mass is 16.5. The second-order valence-corrected chi connectivity index (χ2v) is 6.44. The SMILES string of the molecule is COCn1cc(-c2ccc3c(c2)[C@H](NC(=O)O)C[C@H](C)N3C(C)=O)cn1. The second kappa shape index (κ2) is 7.17. The van der Waals surface area contributed by atoms with E-state index in [4.69, 9.17) is 4.74 Å². The lowest BCUT2D eigenvalue weighted by Crippen LogP contribution is -2.45. The zero-order valence-corrected chi connectivity index (χ0v) is 15.0. The number of rotatable bonds is 4. The molecule has 0 saturated heterocycles. The van der Waals surface area contributed by atoms with E-state index in [-0.39, 0.29) is 18.0 Å². The summed E-state index contributed by atoms with van der Waals surface area (Å²) in [7, 11) is 1.60. The Morgan fingerprint density at radius 2 is 2.15 bits per heavy atom. The molecule has 2 aromatic rings. The van der Waals surface area contributed by atoms with E-state index in [9.17, 15) is 14.7 Å². The van der Waals surface area contributed by atoms with E-state index >= 15 is 0 Å². The monoisotopic (exact) mass is 358 g/mol. The highest BCUT2D eigenvalue weighted by molar-refractivity contribution is 5.94. The van der Waals surface area contributed by atoms with Gasteiger partial charge in [0.15, 0.2) is 0 Å². The molecule has 2 N–H and O–H groups in total. The minimum Gasteiger partial charge on any atom is -0.465 e. The van der Waals surface area contributed by atoms with Crippen LogP contribution in [0, 0.1) is 0 Å². The Kier molecular flexibility index (Phi) is 4.94. The first-order valence-electron chi connectivity index (χ1n) is 8.35. The Bertz CT molecular complexity index is 832. The largest absolute Gasteiger partial charge is 0.465 e. The molecule has 0 bridgehead atoms. The van der Waals surface area contributed by atoms with E-state index in [0.29, 0.717) is 13.2 Å². The van der Waals surface area contributed by atoms with Gasteiger partial charge in [-0.1, -0.05) is 6.07 Å². The van der Waals surface area contributed by atoms with Crippen molar-refractivity contribution in [2.24, 2.45) is 0 Å². The third-order valence-electron chi connectivity index (χ3n) is 4.54. The highest BCUT2D eigenvalue weighted by Gasteiger charge is 2.33. The summed E-state index contributed by atoms with van der Waals surface area (Å²) in [6.07, 6.45) is 3.03. The number of ether oxygens (including phenoxy) is 1. The Morgan fingerprint density at radius 1 is 1.38 bits per heavy atom. The third-order valence-corrected chi connectivity index (χ3v) is 4.54. The number of amides is 2. The summed E-state index contributed by atoms with van der Waals surface area (Å²) in [5.74, 6) is -0.0619. The number of fused-ring (bicyclic) bond motifs is 1. The van der Waals surface area contributed by atoms with E-state index in [0.717, 1.165) is 22.4 Å². The zero-order chi connectivity index (χ0) is 18.8. The highest BCUT2D eigenvalue weighted by Crippen LogP contribution is 2.39. The van der Waals surface area contributed by atoms with Crippen molar-refractivity contribution >= 4 is 17.7 Å². The number of hydrogen-bond acceptors (Lipinski definition) is 4. The number of nitrogens with zero attached hydrogens (tertiary/aromatic N) is 3. The Morgan fingerprint density at radius 3 is 2.81 bits per heavy atom. The zero-order valence-electron chi connectivity index (χ0n) is 15.0. The fourth-order valence-electron chi connectivity index (χ4n) is 3.52. The van der Waals surface area contributed by atoms with Gasteiger partial charge < -0.3 is 20.1 Å². The molecule has 2 atom stereocenters. The molecule has 1 aromatic heterocycles. The molecule has 2 amide bonds. The number of carbonyl (C=O) groups is 2. The topological polar surface area (TPSA) is 96.7 Å². The first kappa shape index (κ1) is 17.9. The van der Waals surface area contributed by atoms with Gasteiger partial charge in [0.1, 0.15) is 6.73 Å². The van der Waals surface area contributed by atoms with Crippen LogP contribution in [0.2, 0.25) is 0 Å². The molecule has 0 spiro atoms. The number of carbonyl (C=O) groups excluding carboxylic acids is 1. The predicted octanol–water partition coefficient (Wildman–Crippen LogP) is 2.61. The van der Waals surface area contributed by atoms with Gasteiger partial charge in [-0.05, 0) is 36.6 Å². The summed E-state index contributed by atoms with van der Waals surface area (Å²) in [5.41, 5.74) is 3.33. The van der Waals surface area contributed by atoms with Gasteiger partial charge in [0, 0.05) is 37.5 Å². The summed E-state index contributed by atoms with van der Waals surface area (Å²) in [6.45, 7) is 3.79. The normalized spacial score (nSPS) is 19.1. The predicted molar refractivity (Wildman–Crippen MR) is 95.8 cm³/mol. The van der Waals surface area contributed by atoms with Crippen LogP contribution in [-0.4, -0.2) is 40.0 Å². The fourth-order valence-corrected chi connectivity index (χ4v) is 3.52. The quantitative estimate of drug-likeness (QED) is 0.876. The van der Waals surface area contributed by atoms with E-state index in [2.05, 4.69) is 10.4 Å². The smallest absolute Gasteiger partial charge is 0.405 e. The van der Waals surface area contributed by atoms with Crippen LogP contribution in [0.3, 0.4) is 0 Å². The lowest BCUT2D eigenvalue weighted by Gasteiger charge is -2.39. The lowest BCUT2D eigenvalue weighted by atomic mass is 9.89. The van der Waals surface area contributed by atoms with Crippen LogP contribution in [-0.2, 0) is 16.3 Å². The van der Waals surface area contributed by atoms with Crippen molar-refractivity contribution in [3.63, 3.8) is 0 Å². The molecule has 0 unspecified atom stereocenters. The maximum absolute atomic E-state index is 12.1. The number of carboxylic acid groups (broad SMARTS) is 1. The molecule has 0 fully saturated rings.